The Bertz CT molecular complexity index is 1110. The summed E-state index contributed by atoms with van der Waals surface area (Å²) in [5.74, 6) is -1.95. The van der Waals surface area contributed by atoms with E-state index in [4.69, 9.17) is 4.74 Å². The molecule has 2 aromatic rings. The van der Waals surface area contributed by atoms with Gasteiger partial charge in [0.05, 0.1) is 17.6 Å². The molecule has 0 bridgehead atoms. The molecule has 1 aliphatic heterocycles. The minimum absolute atomic E-state index is 0.103. The molecule has 1 saturated heterocycles. The average molecular weight is 461 g/mol. The zero-order valence-corrected chi connectivity index (χ0v) is 18.6. The van der Waals surface area contributed by atoms with Crippen LogP contribution in [0, 0.1) is 6.92 Å². The van der Waals surface area contributed by atoms with Gasteiger partial charge < -0.3 is 14.8 Å². The van der Waals surface area contributed by atoms with Crippen molar-refractivity contribution < 1.29 is 32.3 Å². The van der Waals surface area contributed by atoms with Crippen LogP contribution in [0.4, 0.5) is 5.69 Å². The molecule has 1 aliphatic rings. The van der Waals surface area contributed by atoms with Crippen LogP contribution >= 0.6 is 0 Å². The molecule has 0 aliphatic carbocycles. The van der Waals surface area contributed by atoms with E-state index >= 15 is 0 Å². The van der Waals surface area contributed by atoms with Crippen molar-refractivity contribution in [2.75, 3.05) is 25.6 Å². The first-order valence-corrected chi connectivity index (χ1v) is 11.4. The highest BCUT2D eigenvalue weighted by atomic mass is 32.2. The van der Waals surface area contributed by atoms with E-state index < -0.39 is 40.5 Å². The third-order valence-corrected chi connectivity index (χ3v) is 6.94. The summed E-state index contributed by atoms with van der Waals surface area (Å²) in [4.78, 5) is 36.4. The van der Waals surface area contributed by atoms with E-state index in [1.165, 1.54) is 31.4 Å². The first-order valence-electron chi connectivity index (χ1n) is 9.96. The number of aryl methyl sites for hydroxylation is 1. The first-order chi connectivity index (χ1) is 15.2. The minimum Gasteiger partial charge on any atom is -0.465 e. The molecule has 1 N–H and O–H groups in total. The summed E-state index contributed by atoms with van der Waals surface area (Å²) in [6.45, 7) is 1.46. The Balaban J connectivity index is 1.61. The van der Waals surface area contributed by atoms with Crippen molar-refractivity contribution in [3.63, 3.8) is 0 Å². The van der Waals surface area contributed by atoms with E-state index in [1.54, 1.807) is 24.3 Å². The highest BCUT2D eigenvalue weighted by Gasteiger charge is 2.40. The van der Waals surface area contributed by atoms with Crippen LogP contribution in [-0.2, 0) is 29.1 Å². The average Bonchev–Trinajstić information content (AvgIpc) is 3.28. The van der Waals surface area contributed by atoms with Gasteiger partial charge in [-0.15, -0.1) is 0 Å². The first kappa shape index (κ1) is 23.4. The number of benzene rings is 2. The molecule has 2 aromatic carbocycles. The molecule has 0 saturated carbocycles. The van der Waals surface area contributed by atoms with Gasteiger partial charge in [0.25, 0.3) is 5.91 Å². The van der Waals surface area contributed by atoms with Crippen LogP contribution in [-0.4, -0.2) is 56.9 Å². The molecule has 0 radical (unpaired) electrons. The molecule has 9 nitrogen and oxygen atoms in total. The predicted molar refractivity (Wildman–Crippen MR) is 115 cm³/mol. The smallest absolute Gasteiger partial charge is 0.337 e. The summed E-state index contributed by atoms with van der Waals surface area (Å²) in [5.41, 5.74) is 1.51. The third-order valence-electron chi connectivity index (χ3n) is 5.02. The van der Waals surface area contributed by atoms with E-state index in [-0.39, 0.29) is 17.0 Å². The Morgan fingerprint density at radius 3 is 2.53 bits per heavy atom. The van der Waals surface area contributed by atoms with Crippen LogP contribution in [0.1, 0.15) is 28.8 Å². The number of anilines is 1. The van der Waals surface area contributed by atoms with Gasteiger partial charge in [-0.05, 0) is 50.1 Å². The van der Waals surface area contributed by atoms with Gasteiger partial charge in [-0.1, -0.05) is 23.8 Å². The molecule has 1 amide bonds. The second-order valence-corrected chi connectivity index (χ2v) is 9.21. The maximum absolute atomic E-state index is 13.0. The summed E-state index contributed by atoms with van der Waals surface area (Å²) in [6, 6.07) is 11.5. The monoisotopic (exact) mass is 460 g/mol. The van der Waals surface area contributed by atoms with Gasteiger partial charge in [0.2, 0.25) is 10.0 Å². The Morgan fingerprint density at radius 1 is 1.12 bits per heavy atom. The summed E-state index contributed by atoms with van der Waals surface area (Å²) < 4.78 is 36.8. The lowest BCUT2D eigenvalue weighted by Crippen LogP contribution is -2.42. The van der Waals surface area contributed by atoms with E-state index in [2.05, 4.69) is 10.1 Å². The van der Waals surface area contributed by atoms with Gasteiger partial charge in [0, 0.05) is 12.2 Å². The highest BCUT2D eigenvalue weighted by Crippen LogP contribution is 2.27. The number of rotatable bonds is 7. The van der Waals surface area contributed by atoms with Crippen LogP contribution in [0.15, 0.2) is 53.4 Å². The van der Waals surface area contributed by atoms with Crippen molar-refractivity contribution in [2.24, 2.45) is 0 Å². The molecule has 0 aromatic heterocycles. The number of methoxy groups -OCH3 is 1. The van der Waals surface area contributed by atoms with Crippen molar-refractivity contribution in [2.45, 2.75) is 30.7 Å². The van der Waals surface area contributed by atoms with Gasteiger partial charge in [-0.2, -0.15) is 4.31 Å². The zero-order valence-electron chi connectivity index (χ0n) is 17.7. The van der Waals surface area contributed by atoms with Crippen LogP contribution < -0.4 is 5.32 Å². The standard InChI is InChI=1S/C22H24N2O7S/c1-15-8-10-18(11-9-15)32(28,29)24-12-4-7-19(24)22(27)31-14-20(25)23-17-6-3-5-16(13-17)21(26)30-2/h3,5-6,8-11,13,19H,4,7,12,14H2,1-2H3,(H,23,25)/t19-/m0/s1. The Labute approximate surface area is 186 Å². The van der Waals surface area contributed by atoms with Crippen LogP contribution in [0.25, 0.3) is 0 Å². The zero-order chi connectivity index (χ0) is 23.3. The van der Waals surface area contributed by atoms with Gasteiger partial charge in [-0.3, -0.25) is 9.59 Å². The molecule has 3 rings (SSSR count). The molecule has 1 atom stereocenters. The largest absolute Gasteiger partial charge is 0.465 e. The van der Waals surface area contributed by atoms with Gasteiger partial charge in [-0.25, -0.2) is 13.2 Å². The molecular weight excluding hydrogens is 436 g/mol. The molecule has 0 spiro atoms. The fraction of sp³-hybridized carbons (Fsp3) is 0.318. The lowest BCUT2D eigenvalue weighted by molar-refractivity contribution is -0.150. The van der Waals surface area contributed by atoms with Crippen molar-refractivity contribution in [1.82, 2.24) is 4.31 Å². The van der Waals surface area contributed by atoms with Gasteiger partial charge >= 0.3 is 11.9 Å². The summed E-state index contributed by atoms with van der Waals surface area (Å²) in [6.07, 6.45) is 0.824. The molecule has 1 heterocycles. The molecule has 32 heavy (non-hydrogen) atoms. The topological polar surface area (TPSA) is 119 Å². The lowest BCUT2D eigenvalue weighted by atomic mass is 10.2. The van der Waals surface area contributed by atoms with E-state index in [0.29, 0.717) is 18.5 Å². The summed E-state index contributed by atoms with van der Waals surface area (Å²) in [5, 5.41) is 2.52. The second-order valence-electron chi connectivity index (χ2n) is 7.32. The van der Waals surface area contributed by atoms with Crippen LogP contribution in [0.5, 0.6) is 0 Å². The van der Waals surface area contributed by atoms with Gasteiger partial charge in [0.15, 0.2) is 6.61 Å². The Kier molecular flexibility index (Phi) is 7.26. The Morgan fingerprint density at radius 2 is 1.84 bits per heavy atom. The maximum Gasteiger partial charge on any atom is 0.337 e. The normalized spacial score (nSPS) is 16.4. The minimum atomic E-state index is -3.86. The van der Waals surface area contributed by atoms with E-state index in [0.717, 1.165) is 9.87 Å². The fourth-order valence-corrected chi connectivity index (χ4v) is 5.03. The van der Waals surface area contributed by atoms with Crippen molar-refractivity contribution in [3.8, 4) is 0 Å². The van der Waals surface area contributed by atoms with Gasteiger partial charge in [0.1, 0.15) is 6.04 Å². The molecule has 1 fully saturated rings. The SMILES string of the molecule is COC(=O)c1cccc(NC(=O)COC(=O)[C@@H]2CCCN2S(=O)(=O)c2ccc(C)cc2)c1. The number of nitrogens with zero attached hydrogens (tertiary/aromatic N) is 1. The number of esters is 2. The van der Waals surface area contributed by atoms with E-state index in [1.807, 2.05) is 6.92 Å². The maximum atomic E-state index is 13.0. The molecular formula is C22H24N2O7S. The number of hydrogen-bond acceptors (Lipinski definition) is 7. The predicted octanol–water partition coefficient (Wildman–Crippen LogP) is 2.12. The van der Waals surface area contributed by atoms with Crippen molar-refractivity contribution in [1.29, 1.82) is 0 Å². The highest BCUT2D eigenvalue weighted by molar-refractivity contribution is 7.89. The summed E-state index contributed by atoms with van der Waals surface area (Å²) in [7, 11) is -2.62. The fourth-order valence-electron chi connectivity index (χ4n) is 3.38. The van der Waals surface area contributed by atoms with Crippen LogP contribution in [0.3, 0.4) is 0 Å². The lowest BCUT2D eigenvalue weighted by Gasteiger charge is -2.22. The molecule has 170 valence electrons. The number of amides is 1. The second kappa shape index (κ2) is 9.92. The van der Waals surface area contributed by atoms with Crippen molar-refractivity contribution in [3.05, 3.63) is 59.7 Å². The number of carbonyl (C=O) groups is 3. The number of ether oxygens (including phenoxy) is 2. The molecule has 0 unspecified atom stereocenters. The van der Waals surface area contributed by atoms with Crippen molar-refractivity contribution >= 4 is 33.6 Å². The third kappa shape index (κ3) is 5.32. The number of hydrogen-bond donors (Lipinski definition) is 1. The number of carbonyl (C=O) groups excluding carboxylic acids is 3. The number of nitrogens with one attached hydrogen (secondary N) is 1. The van der Waals surface area contributed by atoms with E-state index in [9.17, 15) is 22.8 Å². The van der Waals surface area contributed by atoms with Crippen LogP contribution in [0.2, 0.25) is 0 Å². The molecule has 10 heteroatoms. The summed E-state index contributed by atoms with van der Waals surface area (Å²) >= 11 is 0. The Hall–Kier alpha value is -3.24. The number of sulfonamides is 1. The quantitative estimate of drug-likeness (QED) is 0.629.